The number of sulfonamides is 1. The van der Waals surface area contributed by atoms with Crippen molar-refractivity contribution in [3.63, 3.8) is 0 Å². The highest BCUT2D eigenvalue weighted by molar-refractivity contribution is 7.89. The minimum absolute atomic E-state index is 0.0968. The number of rotatable bonds is 11. The Labute approximate surface area is 148 Å². The second kappa shape index (κ2) is 10.4. The smallest absolute Gasteiger partial charge is 0.241 e. The average Bonchev–Trinajstić information content (AvgIpc) is 2.59. The molecule has 0 heterocycles. The Morgan fingerprint density at radius 2 is 1.68 bits per heavy atom. The van der Waals surface area contributed by atoms with Gasteiger partial charge in [0, 0.05) is 27.3 Å². The molecule has 1 amide bonds. The molecule has 0 saturated heterocycles. The average molecular weight is 376 g/mol. The first-order valence-corrected chi connectivity index (χ1v) is 9.38. The molecule has 1 aromatic carbocycles. The van der Waals surface area contributed by atoms with Crippen LogP contribution in [-0.2, 0) is 24.3 Å². The maximum absolute atomic E-state index is 13.0. The molecule has 0 spiro atoms. The van der Waals surface area contributed by atoms with Crippen molar-refractivity contribution < 1.29 is 27.1 Å². The number of carbonyl (C=O) groups excluding carboxylic acids is 1. The lowest BCUT2D eigenvalue weighted by atomic mass is 10.2. The maximum atomic E-state index is 13.0. The van der Waals surface area contributed by atoms with Gasteiger partial charge >= 0.3 is 0 Å². The van der Waals surface area contributed by atoms with E-state index in [1.54, 1.807) is 6.92 Å². The van der Waals surface area contributed by atoms with E-state index in [0.717, 1.165) is 24.3 Å². The predicted molar refractivity (Wildman–Crippen MR) is 91.1 cm³/mol. The summed E-state index contributed by atoms with van der Waals surface area (Å²) in [7, 11) is -0.892. The van der Waals surface area contributed by atoms with Gasteiger partial charge in [-0.05, 0) is 30.7 Å². The fourth-order valence-corrected chi connectivity index (χ4v) is 3.41. The zero-order chi connectivity index (χ0) is 18.9. The van der Waals surface area contributed by atoms with Crippen molar-refractivity contribution in [1.29, 1.82) is 0 Å². The van der Waals surface area contributed by atoms with Crippen LogP contribution in [0.4, 0.5) is 4.39 Å². The lowest BCUT2D eigenvalue weighted by Gasteiger charge is -2.27. The van der Waals surface area contributed by atoms with E-state index in [0.29, 0.717) is 26.3 Å². The first kappa shape index (κ1) is 21.5. The summed E-state index contributed by atoms with van der Waals surface area (Å²) in [6.07, 6.45) is 0.274. The number of nitrogens with zero attached hydrogens (tertiary/aromatic N) is 1. The molecule has 0 aliphatic rings. The summed E-state index contributed by atoms with van der Waals surface area (Å²) < 4.78 is 50.2. The first-order chi connectivity index (χ1) is 11.9. The molecule has 0 saturated carbocycles. The Bertz CT molecular complexity index is 628. The Morgan fingerprint density at radius 1 is 1.16 bits per heavy atom. The van der Waals surface area contributed by atoms with Crippen LogP contribution in [0.25, 0.3) is 0 Å². The van der Waals surface area contributed by atoms with Gasteiger partial charge in [0.15, 0.2) is 0 Å². The van der Waals surface area contributed by atoms with E-state index in [1.165, 1.54) is 19.1 Å². The summed E-state index contributed by atoms with van der Waals surface area (Å²) in [6, 6.07) is 3.50. The molecule has 7 nitrogen and oxygen atoms in total. The third-order valence-electron chi connectivity index (χ3n) is 3.57. The molecule has 0 aliphatic carbocycles. The maximum Gasteiger partial charge on any atom is 0.241 e. The number of ether oxygens (including phenoxy) is 2. The number of amides is 1. The molecule has 0 aliphatic heterocycles. The lowest BCUT2D eigenvalue weighted by Crippen LogP contribution is -2.49. The van der Waals surface area contributed by atoms with Gasteiger partial charge in [-0.15, -0.1) is 0 Å². The zero-order valence-corrected chi connectivity index (χ0v) is 15.5. The Morgan fingerprint density at radius 3 is 2.12 bits per heavy atom. The summed E-state index contributed by atoms with van der Waals surface area (Å²) >= 11 is 0. The number of nitrogens with one attached hydrogen (secondary N) is 1. The molecule has 1 N–H and O–H groups in total. The van der Waals surface area contributed by atoms with Crippen LogP contribution in [-0.4, -0.2) is 65.8 Å². The fraction of sp³-hybridized carbons (Fsp3) is 0.562. The quantitative estimate of drug-likeness (QED) is 0.623. The number of hydrogen-bond donors (Lipinski definition) is 1. The van der Waals surface area contributed by atoms with Crippen molar-refractivity contribution in [2.75, 3.05) is 40.5 Å². The van der Waals surface area contributed by atoms with Gasteiger partial charge in [0.2, 0.25) is 15.9 Å². The molecule has 0 aromatic heterocycles. The van der Waals surface area contributed by atoms with E-state index in [4.69, 9.17) is 9.47 Å². The predicted octanol–water partition coefficient (Wildman–Crippen LogP) is 1.00. The van der Waals surface area contributed by atoms with Crippen molar-refractivity contribution in [1.82, 2.24) is 9.62 Å². The minimum atomic E-state index is -3.93. The SMILES string of the molecule is CCC(NS(=O)(=O)c1ccc(F)cc1)C(=O)N(CCOC)CCOC. The molecule has 25 heavy (non-hydrogen) atoms. The van der Waals surface area contributed by atoms with Crippen molar-refractivity contribution in [2.24, 2.45) is 0 Å². The second-order valence-electron chi connectivity index (χ2n) is 5.35. The topological polar surface area (TPSA) is 84.9 Å². The third-order valence-corrected chi connectivity index (χ3v) is 5.06. The number of hydrogen-bond acceptors (Lipinski definition) is 5. The van der Waals surface area contributed by atoms with Gasteiger partial charge in [0.25, 0.3) is 0 Å². The van der Waals surface area contributed by atoms with Gasteiger partial charge in [0.05, 0.1) is 18.1 Å². The Hall–Kier alpha value is -1.55. The van der Waals surface area contributed by atoms with E-state index in [2.05, 4.69) is 4.72 Å². The van der Waals surface area contributed by atoms with Crippen molar-refractivity contribution in [2.45, 2.75) is 24.3 Å². The first-order valence-electron chi connectivity index (χ1n) is 7.90. The van der Waals surface area contributed by atoms with Gasteiger partial charge < -0.3 is 14.4 Å². The lowest BCUT2D eigenvalue weighted by molar-refractivity contribution is -0.134. The molecular weight excluding hydrogens is 351 g/mol. The van der Waals surface area contributed by atoms with Crippen molar-refractivity contribution >= 4 is 15.9 Å². The largest absolute Gasteiger partial charge is 0.383 e. The van der Waals surface area contributed by atoms with E-state index in [9.17, 15) is 17.6 Å². The number of benzene rings is 1. The molecule has 142 valence electrons. The molecule has 1 unspecified atom stereocenters. The highest BCUT2D eigenvalue weighted by Crippen LogP contribution is 2.12. The summed E-state index contributed by atoms with van der Waals surface area (Å²) in [5, 5.41) is 0. The highest BCUT2D eigenvalue weighted by Gasteiger charge is 2.27. The van der Waals surface area contributed by atoms with Crippen LogP contribution >= 0.6 is 0 Å². The van der Waals surface area contributed by atoms with Gasteiger partial charge in [-0.3, -0.25) is 4.79 Å². The van der Waals surface area contributed by atoms with Crippen LogP contribution in [0.1, 0.15) is 13.3 Å². The van der Waals surface area contributed by atoms with E-state index >= 15 is 0 Å². The molecule has 0 bridgehead atoms. The summed E-state index contributed by atoms with van der Waals surface area (Å²) in [6.45, 7) is 3.02. The van der Waals surface area contributed by atoms with Gasteiger partial charge in [-0.25, -0.2) is 12.8 Å². The fourth-order valence-electron chi connectivity index (χ4n) is 2.13. The molecule has 1 aromatic rings. The van der Waals surface area contributed by atoms with Crippen LogP contribution in [0.5, 0.6) is 0 Å². The number of methoxy groups -OCH3 is 2. The molecule has 0 fully saturated rings. The highest BCUT2D eigenvalue weighted by atomic mass is 32.2. The molecule has 9 heteroatoms. The standard InChI is InChI=1S/C16H25FN2O5S/c1-4-15(16(20)19(9-11-23-2)10-12-24-3)18-25(21,22)14-7-5-13(17)6-8-14/h5-8,15,18H,4,9-12H2,1-3H3. The minimum Gasteiger partial charge on any atom is -0.383 e. The third kappa shape index (κ3) is 6.69. The van der Waals surface area contributed by atoms with Gasteiger partial charge in [0.1, 0.15) is 11.9 Å². The zero-order valence-electron chi connectivity index (χ0n) is 14.7. The molecule has 1 atom stereocenters. The monoisotopic (exact) mass is 376 g/mol. The number of halogens is 1. The van der Waals surface area contributed by atoms with E-state index in [-0.39, 0.29) is 17.2 Å². The van der Waals surface area contributed by atoms with E-state index < -0.39 is 21.9 Å². The molecule has 0 radical (unpaired) electrons. The van der Waals surface area contributed by atoms with Crippen LogP contribution < -0.4 is 4.72 Å². The van der Waals surface area contributed by atoms with Crippen molar-refractivity contribution in [3.05, 3.63) is 30.1 Å². The van der Waals surface area contributed by atoms with E-state index in [1.807, 2.05) is 0 Å². The number of carbonyl (C=O) groups is 1. The van der Waals surface area contributed by atoms with Crippen molar-refractivity contribution in [3.8, 4) is 0 Å². The van der Waals surface area contributed by atoms with Gasteiger partial charge in [-0.2, -0.15) is 4.72 Å². The summed E-state index contributed by atoms with van der Waals surface area (Å²) in [5.41, 5.74) is 0. The normalized spacial score (nSPS) is 12.8. The Balaban J connectivity index is 2.90. The van der Waals surface area contributed by atoms with Crippen LogP contribution in [0.3, 0.4) is 0 Å². The summed E-state index contributed by atoms with van der Waals surface area (Å²) in [5.74, 6) is -0.894. The van der Waals surface area contributed by atoms with Gasteiger partial charge in [-0.1, -0.05) is 6.92 Å². The summed E-state index contributed by atoms with van der Waals surface area (Å²) in [4.78, 5) is 14.1. The van der Waals surface area contributed by atoms with Crippen LogP contribution in [0, 0.1) is 5.82 Å². The molecule has 1 rings (SSSR count). The second-order valence-corrected chi connectivity index (χ2v) is 7.06. The van der Waals surface area contributed by atoms with Crippen LogP contribution in [0.15, 0.2) is 29.2 Å². The molecular formula is C16H25FN2O5S. The van der Waals surface area contributed by atoms with Crippen LogP contribution in [0.2, 0.25) is 0 Å². The Kier molecular flexibility index (Phi) is 8.98.